The summed E-state index contributed by atoms with van der Waals surface area (Å²) < 4.78 is 0. The van der Waals surface area contributed by atoms with E-state index >= 15 is 0 Å². The summed E-state index contributed by atoms with van der Waals surface area (Å²) >= 11 is 11.7. The molecule has 2 rings (SSSR count). The van der Waals surface area contributed by atoms with Crippen molar-refractivity contribution in [3.05, 3.63) is 39.6 Å². The van der Waals surface area contributed by atoms with Gasteiger partial charge in [-0.1, -0.05) is 23.2 Å². The SMILES string of the molecule is Cn1nnc(CC(O)c2cc(Cl)cc(Cl)c2)n1. The number of aliphatic hydroxyl groups is 1. The maximum Gasteiger partial charge on any atom is 0.177 e. The molecule has 1 unspecified atom stereocenters. The molecule has 2 aromatic rings. The highest BCUT2D eigenvalue weighted by atomic mass is 35.5. The number of rotatable bonds is 3. The zero-order valence-electron chi connectivity index (χ0n) is 9.01. The Morgan fingerprint density at radius 3 is 2.47 bits per heavy atom. The van der Waals surface area contributed by atoms with E-state index in [-0.39, 0.29) is 6.42 Å². The predicted octanol–water partition coefficient (Wildman–Crippen LogP) is 1.79. The predicted molar refractivity (Wildman–Crippen MR) is 63.9 cm³/mol. The lowest BCUT2D eigenvalue weighted by Crippen LogP contribution is -2.04. The van der Waals surface area contributed by atoms with Crippen molar-refractivity contribution in [2.75, 3.05) is 0 Å². The van der Waals surface area contributed by atoms with Crippen molar-refractivity contribution in [3.8, 4) is 0 Å². The third-order valence-electron chi connectivity index (χ3n) is 2.20. The normalized spacial score (nSPS) is 12.7. The molecule has 0 aliphatic carbocycles. The van der Waals surface area contributed by atoms with Crippen LogP contribution in [0.5, 0.6) is 0 Å². The first-order valence-electron chi connectivity index (χ1n) is 4.91. The maximum absolute atomic E-state index is 10.00. The molecule has 1 aromatic heterocycles. The molecule has 7 heteroatoms. The fourth-order valence-electron chi connectivity index (χ4n) is 1.46. The van der Waals surface area contributed by atoms with Crippen molar-refractivity contribution in [2.24, 2.45) is 7.05 Å². The van der Waals surface area contributed by atoms with Crippen molar-refractivity contribution >= 4 is 23.2 Å². The average Bonchev–Trinajstić information content (AvgIpc) is 2.62. The highest BCUT2D eigenvalue weighted by molar-refractivity contribution is 6.34. The molecule has 1 N–H and O–H groups in total. The fraction of sp³-hybridized carbons (Fsp3) is 0.300. The van der Waals surface area contributed by atoms with Gasteiger partial charge in [0.25, 0.3) is 0 Å². The van der Waals surface area contributed by atoms with E-state index in [4.69, 9.17) is 23.2 Å². The van der Waals surface area contributed by atoms with E-state index in [2.05, 4.69) is 15.4 Å². The molecule has 0 amide bonds. The molecule has 0 radical (unpaired) electrons. The quantitative estimate of drug-likeness (QED) is 0.926. The molecule has 1 aromatic carbocycles. The lowest BCUT2D eigenvalue weighted by Gasteiger charge is -2.09. The molecule has 0 fully saturated rings. The molecule has 0 spiro atoms. The third-order valence-corrected chi connectivity index (χ3v) is 2.63. The number of aromatic nitrogens is 4. The summed E-state index contributed by atoms with van der Waals surface area (Å²) in [7, 11) is 1.67. The zero-order chi connectivity index (χ0) is 12.4. The Morgan fingerprint density at radius 1 is 1.29 bits per heavy atom. The summed E-state index contributed by atoms with van der Waals surface area (Å²) in [6, 6.07) is 4.93. The highest BCUT2D eigenvalue weighted by Gasteiger charge is 2.13. The summed E-state index contributed by atoms with van der Waals surface area (Å²) in [6.07, 6.45) is -0.486. The van der Waals surface area contributed by atoms with E-state index in [1.54, 1.807) is 25.2 Å². The monoisotopic (exact) mass is 272 g/mol. The summed E-state index contributed by atoms with van der Waals surface area (Å²) in [5.41, 5.74) is 0.634. The van der Waals surface area contributed by atoms with Gasteiger partial charge in [-0.25, -0.2) is 0 Å². The molecular formula is C10H10Cl2N4O. The molecule has 5 nitrogen and oxygen atoms in total. The van der Waals surface area contributed by atoms with Gasteiger partial charge in [0.05, 0.1) is 13.2 Å². The van der Waals surface area contributed by atoms with Crippen molar-refractivity contribution in [1.29, 1.82) is 0 Å². The van der Waals surface area contributed by atoms with Crippen molar-refractivity contribution < 1.29 is 5.11 Å². The first-order valence-corrected chi connectivity index (χ1v) is 5.67. The highest BCUT2D eigenvalue weighted by Crippen LogP contribution is 2.24. The van der Waals surface area contributed by atoms with Gasteiger partial charge in [-0.2, -0.15) is 4.80 Å². The van der Waals surface area contributed by atoms with Crippen molar-refractivity contribution in [3.63, 3.8) is 0 Å². The van der Waals surface area contributed by atoms with Gasteiger partial charge in [0.1, 0.15) is 0 Å². The standard InChI is InChI=1S/C10H10Cl2N4O/c1-16-14-10(13-15-16)5-9(17)6-2-7(11)4-8(12)3-6/h2-4,9,17H,5H2,1H3. The number of hydrogen-bond donors (Lipinski definition) is 1. The largest absolute Gasteiger partial charge is 0.388 e. The molecule has 0 aliphatic heterocycles. The van der Waals surface area contributed by atoms with Crippen LogP contribution in [0, 0.1) is 0 Å². The van der Waals surface area contributed by atoms with Crippen LogP contribution in [0.3, 0.4) is 0 Å². The Balaban J connectivity index is 2.16. The van der Waals surface area contributed by atoms with Gasteiger partial charge in [-0.15, -0.1) is 10.2 Å². The van der Waals surface area contributed by atoms with Crippen LogP contribution < -0.4 is 0 Å². The van der Waals surface area contributed by atoms with Crippen LogP contribution in [0.2, 0.25) is 10.0 Å². The van der Waals surface area contributed by atoms with E-state index in [9.17, 15) is 5.11 Å². The zero-order valence-corrected chi connectivity index (χ0v) is 10.5. The van der Waals surface area contributed by atoms with Crippen LogP contribution >= 0.6 is 23.2 Å². The first-order chi connectivity index (χ1) is 8.04. The molecule has 0 bridgehead atoms. The Morgan fingerprint density at radius 2 is 1.94 bits per heavy atom. The van der Waals surface area contributed by atoms with Crippen LogP contribution in [0.1, 0.15) is 17.5 Å². The van der Waals surface area contributed by atoms with E-state index < -0.39 is 6.10 Å². The van der Waals surface area contributed by atoms with Crippen LogP contribution in [0.15, 0.2) is 18.2 Å². The van der Waals surface area contributed by atoms with Crippen LogP contribution in [-0.2, 0) is 13.5 Å². The summed E-state index contributed by atoms with van der Waals surface area (Å²) in [4.78, 5) is 1.34. The number of benzene rings is 1. The number of nitrogens with zero attached hydrogens (tertiary/aromatic N) is 4. The van der Waals surface area contributed by atoms with Gasteiger partial charge >= 0.3 is 0 Å². The molecule has 17 heavy (non-hydrogen) atoms. The molecule has 0 saturated carbocycles. The van der Waals surface area contributed by atoms with Gasteiger partial charge in [-0.3, -0.25) is 0 Å². The number of tetrazole rings is 1. The van der Waals surface area contributed by atoms with Crippen LogP contribution in [0.4, 0.5) is 0 Å². The number of aliphatic hydroxyl groups excluding tert-OH is 1. The molecule has 90 valence electrons. The second-order valence-electron chi connectivity index (χ2n) is 3.62. The molecule has 1 heterocycles. The van der Waals surface area contributed by atoms with Crippen molar-refractivity contribution in [1.82, 2.24) is 20.2 Å². The Kier molecular flexibility index (Phi) is 3.61. The van der Waals surface area contributed by atoms with Crippen LogP contribution in [0.25, 0.3) is 0 Å². The molecule has 1 atom stereocenters. The average molecular weight is 273 g/mol. The van der Waals surface area contributed by atoms with Gasteiger partial charge in [0, 0.05) is 16.5 Å². The second kappa shape index (κ2) is 5.00. The third kappa shape index (κ3) is 3.15. The minimum Gasteiger partial charge on any atom is -0.388 e. The summed E-state index contributed by atoms with van der Waals surface area (Å²) in [5, 5.41) is 22.4. The molecule has 0 aliphatic rings. The fourth-order valence-corrected chi connectivity index (χ4v) is 2.01. The van der Waals surface area contributed by atoms with E-state index in [0.717, 1.165) is 0 Å². The van der Waals surface area contributed by atoms with Gasteiger partial charge < -0.3 is 5.11 Å². The first kappa shape index (κ1) is 12.3. The molecular weight excluding hydrogens is 263 g/mol. The van der Waals surface area contributed by atoms with Crippen LogP contribution in [-0.4, -0.2) is 25.3 Å². The topological polar surface area (TPSA) is 63.8 Å². The summed E-state index contributed by atoms with van der Waals surface area (Å²) in [5.74, 6) is 0.469. The minimum absolute atomic E-state index is 0.268. The van der Waals surface area contributed by atoms with E-state index in [1.807, 2.05) is 0 Å². The van der Waals surface area contributed by atoms with E-state index in [1.165, 1.54) is 4.80 Å². The smallest absolute Gasteiger partial charge is 0.177 e. The van der Waals surface area contributed by atoms with Gasteiger partial charge in [0.15, 0.2) is 5.82 Å². The van der Waals surface area contributed by atoms with Crippen molar-refractivity contribution in [2.45, 2.75) is 12.5 Å². The lowest BCUT2D eigenvalue weighted by molar-refractivity contribution is 0.175. The Hall–Kier alpha value is -1.17. The summed E-state index contributed by atoms with van der Waals surface area (Å²) in [6.45, 7) is 0. The minimum atomic E-state index is -0.754. The van der Waals surface area contributed by atoms with E-state index in [0.29, 0.717) is 21.4 Å². The Labute approximate surface area is 108 Å². The number of halogens is 2. The number of aryl methyl sites for hydroxylation is 1. The molecule has 0 saturated heterocycles. The van der Waals surface area contributed by atoms with Gasteiger partial charge in [0.2, 0.25) is 0 Å². The number of hydrogen-bond acceptors (Lipinski definition) is 4. The second-order valence-corrected chi connectivity index (χ2v) is 4.49. The lowest BCUT2D eigenvalue weighted by atomic mass is 10.1. The van der Waals surface area contributed by atoms with Gasteiger partial charge in [-0.05, 0) is 29.0 Å². The maximum atomic E-state index is 10.00. The Bertz CT molecular complexity index is 509.